The smallest absolute Gasteiger partial charge is 0.145 e. The van der Waals surface area contributed by atoms with E-state index in [0.717, 1.165) is 23.5 Å². The van der Waals surface area contributed by atoms with Crippen molar-refractivity contribution in [1.29, 1.82) is 0 Å². The highest BCUT2D eigenvalue weighted by molar-refractivity contribution is 5.96. The summed E-state index contributed by atoms with van der Waals surface area (Å²) in [5.74, 6) is 0.858. The van der Waals surface area contributed by atoms with Gasteiger partial charge >= 0.3 is 0 Å². The highest BCUT2D eigenvalue weighted by atomic mass is 16.5. The maximum Gasteiger partial charge on any atom is 0.145 e. The van der Waals surface area contributed by atoms with E-state index in [-0.39, 0.29) is 0 Å². The van der Waals surface area contributed by atoms with Crippen molar-refractivity contribution in [3.63, 3.8) is 0 Å². The summed E-state index contributed by atoms with van der Waals surface area (Å²) in [6.45, 7) is 5.47. The minimum absolute atomic E-state index is 0.599. The van der Waals surface area contributed by atoms with E-state index in [2.05, 4.69) is 35.0 Å². The summed E-state index contributed by atoms with van der Waals surface area (Å²) < 4.78 is 5.47. The van der Waals surface area contributed by atoms with Crippen molar-refractivity contribution in [3.8, 4) is 5.75 Å². The summed E-state index contributed by atoms with van der Waals surface area (Å²) in [5.41, 5.74) is 3.29. The molecule has 2 heterocycles. The van der Waals surface area contributed by atoms with E-state index < -0.39 is 0 Å². The molecule has 0 aliphatic carbocycles. The number of aromatic nitrogens is 1. The molecule has 20 heavy (non-hydrogen) atoms. The van der Waals surface area contributed by atoms with Crippen LogP contribution in [0.3, 0.4) is 0 Å². The first kappa shape index (κ1) is 13.2. The van der Waals surface area contributed by atoms with Crippen LogP contribution in [0.15, 0.2) is 24.3 Å². The Morgan fingerprint density at radius 1 is 1.20 bits per heavy atom. The van der Waals surface area contributed by atoms with Gasteiger partial charge in [-0.3, -0.25) is 0 Å². The lowest BCUT2D eigenvalue weighted by Crippen LogP contribution is -2.37. The van der Waals surface area contributed by atoms with Crippen molar-refractivity contribution in [1.82, 2.24) is 4.98 Å². The second-order valence-corrected chi connectivity index (χ2v) is 5.67. The van der Waals surface area contributed by atoms with Crippen molar-refractivity contribution in [2.45, 2.75) is 39.2 Å². The summed E-state index contributed by atoms with van der Waals surface area (Å²) in [5, 5.41) is 1.20. The average Bonchev–Trinajstić information content (AvgIpc) is 2.46. The molecule has 2 aromatic rings. The first-order chi connectivity index (χ1) is 9.70. The molecule has 1 aromatic heterocycles. The Kier molecular flexibility index (Phi) is 3.51. The molecule has 1 aromatic carbocycles. The van der Waals surface area contributed by atoms with E-state index in [1.165, 1.54) is 30.3 Å². The highest BCUT2D eigenvalue weighted by Crippen LogP contribution is 2.35. The van der Waals surface area contributed by atoms with Crippen LogP contribution in [0.4, 0.5) is 5.69 Å². The zero-order valence-electron chi connectivity index (χ0n) is 12.5. The SMILES string of the molecule is COc1ccc(N2CCCCC2C)c2ccc(C)nc12. The Morgan fingerprint density at radius 2 is 2.05 bits per heavy atom. The van der Waals surface area contributed by atoms with Crippen LogP contribution in [-0.2, 0) is 0 Å². The van der Waals surface area contributed by atoms with Crippen LogP contribution in [0, 0.1) is 6.92 Å². The van der Waals surface area contributed by atoms with Crippen molar-refractivity contribution in [3.05, 3.63) is 30.0 Å². The van der Waals surface area contributed by atoms with E-state index in [1.54, 1.807) is 7.11 Å². The molecular weight excluding hydrogens is 248 g/mol. The van der Waals surface area contributed by atoms with Crippen LogP contribution < -0.4 is 9.64 Å². The summed E-state index contributed by atoms with van der Waals surface area (Å²) >= 11 is 0. The number of aryl methyl sites for hydroxylation is 1. The number of hydrogen-bond donors (Lipinski definition) is 0. The number of anilines is 1. The van der Waals surface area contributed by atoms with E-state index in [4.69, 9.17) is 4.74 Å². The minimum atomic E-state index is 0.599. The number of fused-ring (bicyclic) bond motifs is 1. The first-order valence-corrected chi connectivity index (χ1v) is 7.41. The summed E-state index contributed by atoms with van der Waals surface area (Å²) in [6, 6.07) is 9.09. The molecule has 0 N–H and O–H groups in total. The Morgan fingerprint density at radius 3 is 2.80 bits per heavy atom. The van der Waals surface area contributed by atoms with Gasteiger partial charge in [-0.05, 0) is 57.4 Å². The van der Waals surface area contributed by atoms with Crippen molar-refractivity contribution in [2.24, 2.45) is 0 Å². The molecule has 1 saturated heterocycles. The molecule has 0 amide bonds. The fraction of sp³-hybridized carbons (Fsp3) is 0.471. The molecule has 3 nitrogen and oxygen atoms in total. The Bertz CT molecular complexity index is 624. The molecule has 0 radical (unpaired) electrons. The Hall–Kier alpha value is -1.77. The largest absolute Gasteiger partial charge is 0.494 e. The number of methoxy groups -OCH3 is 1. The summed E-state index contributed by atoms with van der Waals surface area (Å²) in [6.07, 6.45) is 3.88. The second kappa shape index (κ2) is 5.31. The predicted molar refractivity (Wildman–Crippen MR) is 83.7 cm³/mol. The third kappa shape index (κ3) is 2.21. The summed E-state index contributed by atoms with van der Waals surface area (Å²) in [4.78, 5) is 7.19. The lowest BCUT2D eigenvalue weighted by Gasteiger charge is -2.36. The molecule has 1 aliphatic rings. The quantitative estimate of drug-likeness (QED) is 0.826. The second-order valence-electron chi connectivity index (χ2n) is 5.67. The molecule has 0 spiro atoms. The number of benzene rings is 1. The maximum absolute atomic E-state index is 5.47. The lowest BCUT2D eigenvalue weighted by atomic mass is 10.0. The molecular formula is C17H22N2O. The van der Waals surface area contributed by atoms with Gasteiger partial charge in [0.25, 0.3) is 0 Å². The molecule has 1 fully saturated rings. The van der Waals surface area contributed by atoms with Crippen LogP contribution in [-0.4, -0.2) is 24.7 Å². The topological polar surface area (TPSA) is 25.4 Å². The fourth-order valence-electron chi connectivity index (χ4n) is 3.15. The van der Waals surface area contributed by atoms with Gasteiger partial charge in [-0.2, -0.15) is 0 Å². The number of piperidine rings is 1. The van der Waals surface area contributed by atoms with Crippen LogP contribution in [0.2, 0.25) is 0 Å². The van der Waals surface area contributed by atoms with Gasteiger partial charge in [0.1, 0.15) is 11.3 Å². The number of nitrogens with zero attached hydrogens (tertiary/aromatic N) is 2. The van der Waals surface area contributed by atoms with Crippen molar-refractivity contribution in [2.75, 3.05) is 18.6 Å². The third-order valence-electron chi connectivity index (χ3n) is 4.27. The third-order valence-corrected chi connectivity index (χ3v) is 4.27. The Labute approximate surface area is 120 Å². The molecule has 1 aliphatic heterocycles. The molecule has 106 valence electrons. The first-order valence-electron chi connectivity index (χ1n) is 7.41. The standard InChI is InChI=1S/C17H22N2O/c1-12-7-8-14-15(19-11-5-4-6-13(19)2)9-10-16(20-3)17(14)18-12/h7-10,13H,4-6,11H2,1-3H3. The van der Waals surface area contributed by atoms with Crippen LogP contribution in [0.5, 0.6) is 5.75 Å². The van der Waals surface area contributed by atoms with E-state index in [9.17, 15) is 0 Å². The van der Waals surface area contributed by atoms with Gasteiger partial charge < -0.3 is 9.64 Å². The minimum Gasteiger partial charge on any atom is -0.494 e. The normalized spacial score (nSPS) is 19.4. The van der Waals surface area contributed by atoms with E-state index >= 15 is 0 Å². The fourth-order valence-corrected chi connectivity index (χ4v) is 3.15. The van der Waals surface area contributed by atoms with Gasteiger partial charge in [-0.25, -0.2) is 4.98 Å². The van der Waals surface area contributed by atoms with E-state index in [1.807, 2.05) is 13.0 Å². The molecule has 3 rings (SSSR count). The molecule has 0 bridgehead atoms. The van der Waals surface area contributed by atoms with Gasteiger partial charge in [0.05, 0.1) is 7.11 Å². The zero-order valence-corrected chi connectivity index (χ0v) is 12.5. The van der Waals surface area contributed by atoms with Crippen molar-refractivity contribution < 1.29 is 4.74 Å². The maximum atomic E-state index is 5.47. The number of rotatable bonds is 2. The molecule has 3 heteroatoms. The Balaban J connectivity index is 2.16. The molecule has 1 unspecified atom stereocenters. The number of ether oxygens (including phenoxy) is 1. The number of pyridine rings is 1. The van der Waals surface area contributed by atoms with Gasteiger partial charge in [0, 0.05) is 29.4 Å². The zero-order chi connectivity index (χ0) is 14.1. The van der Waals surface area contributed by atoms with Gasteiger partial charge in [-0.15, -0.1) is 0 Å². The van der Waals surface area contributed by atoms with Crippen molar-refractivity contribution >= 4 is 16.6 Å². The van der Waals surface area contributed by atoms with Gasteiger partial charge in [-0.1, -0.05) is 0 Å². The molecule has 1 atom stereocenters. The van der Waals surface area contributed by atoms with Crippen LogP contribution in [0.1, 0.15) is 31.9 Å². The molecule has 0 saturated carbocycles. The van der Waals surface area contributed by atoms with Crippen LogP contribution >= 0.6 is 0 Å². The van der Waals surface area contributed by atoms with E-state index in [0.29, 0.717) is 6.04 Å². The van der Waals surface area contributed by atoms with Crippen LogP contribution in [0.25, 0.3) is 10.9 Å². The highest BCUT2D eigenvalue weighted by Gasteiger charge is 2.21. The summed E-state index contributed by atoms with van der Waals surface area (Å²) in [7, 11) is 1.71. The van der Waals surface area contributed by atoms with Gasteiger partial charge in [0.2, 0.25) is 0 Å². The van der Waals surface area contributed by atoms with Gasteiger partial charge in [0.15, 0.2) is 0 Å². The average molecular weight is 270 g/mol. The number of hydrogen-bond acceptors (Lipinski definition) is 3. The monoisotopic (exact) mass is 270 g/mol. The predicted octanol–water partition coefficient (Wildman–Crippen LogP) is 3.93. The lowest BCUT2D eigenvalue weighted by molar-refractivity contribution is 0.418.